The van der Waals surface area contributed by atoms with E-state index < -0.39 is 12.1 Å². The first-order valence-corrected chi connectivity index (χ1v) is 9.07. The molecular weight excluding hydrogens is 346 g/mol. The van der Waals surface area contributed by atoms with Crippen molar-refractivity contribution >= 4 is 11.8 Å². The van der Waals surface area contributed by atoms with Crippen molar-refractivity contribution in [2.75, 3.05) is 26.7 Å². The number of methoxy groups -OCH3 is 1. The fourth-order valence-corrected chi connectivity index (χ4v) is 3.74. The maximum absolute atomic E-state index is 12.3. The molecule has 0 saturated carbocycles. The minimum absolute atomic E-state index is 0.00300. The van der Waals surface area contributed by atoms with Gasteiger partial charge in [-0.2, -0.15) is 5.10 Å². The average molecular weight is 369 g/mol. The number of carbonyl (C=O) groups excluding carboxylic acids is 2. The second kappa shape index (κ2) is 7.03. The first-order valence-electron chi connectivity index (χ1n) is 9.07. The van der Waals surface area contributed by atoms with E-state index in [4.69, 9.17) is 4.74 Å². The summed E-state index contributed by atoms with van der Waals surface area (Å²) < 4.78 is 7.19. The van der Waals surface area contributed by atoms with Crippen LogP contribution in [0, 0.1) is 0 Å². The number of rotatable bonds is 4. The molecule has 2 saturated heterocycles. The molecule has 2 aliphatic heterocycles. The van der Waals surface area contributed by atoms with Crippen LogP contribution in [0.3, 0.4) is 0 Å². The molecule has 0 unspecified atom stereocenters. The van der Waals surface area contributed by atoms with Crippen molar-refractivity contribution in [3.8, 4) is 11.4 Å². The summed E-state index contributed by atoms with van der Waals surface area (Å²) in [5, 5.41) is 7.21. The van der Waals surface area contributed by atoms with Gasteiger partial charge in [-0.05, 0) is 19.1 Å². The number of hydrogen-bond donors (Lipinski definition) is 1. The smallest absolute Gasteiger partial charge is 0.245 e. The summed E-state index contributed by atoms with van der Waals surface area (Å²) >= 11 is 0. The van der Waals surface area contributed by atoms with E-state index in [-0.39, 0.29) is 11.8 Å². The molecule has 0 radical (unpaired) electrons. The zero-order valence-electron chi connectivity index (χ0n) is 15.5. The van der Waals surface area contributed by atoms with Gasteiger partial charge in [0, 0.05) is 37.9 Å². The molecular formula is C19H23N5O3. The molecule has 4 rings (SSSR count). The van der Waals surface area contributed by atoms with Crippen LogP contribution in [0.4, 0.5) is 0 Å². The van der Waals surface area contributed by atoms with E-state index in [0.29, 0.717) is 19.6 Å². The van der Waals surface area contributed by atoms with Gasteiger partial charge in [0.05, 0.1) is 13.3 Å². The van der Waals surface area contributed by atoms with Gasteiger partial charge in [-0.3, -0.25) is 14.5 Å². The van der Waals surface area contributed by atoms with Crippen LogP contribution < -0.4 is 10.1 Å². The molecule has 0 spiro atoms. The van der Waals surface area contributed by atoms with Crippen molar-refractivity contribution in [2.24, 2.45) is 0 Å². The average Bonchev–Trinajstić information content (AvgIpc) is 3.14. The summed E-state index contributed by atoms with van der Waals surface area (Å²) in [5.74, 6) is 0.687. The highest BCUT2D eigenvalue weighted by atomic mass is 16.5. The van der Waals surface area contributed by atoms with Gasteiger partial charge < -0.3 is 15.0 Å². The number of carbonyl (C=O) groups is 2. The van der Waals surface area contributed by atoms with Crippen LogP contribution in [-0.4, -0.2) is 70.2 Å². The lowest BCUT2D eigenvalue weighted by Gasteiger charge is -2.44. The molecule has 2 aliphatic rings. The minimum atomic E-state index is -0.431. The van der Waals surface area contributed by atoms with Crippen LogP contribution in [0.5, 0.6) is 5.75 Å². The third-order valence-electron chi connectivity index (χ3n) is 5.15. The first kappa shape index (κ1) is 17.5. The molecule has 2 aromatic rings. The number of amides is 2. The minimum Gasteiger partial charge on any atom is -0.494 e. The Morgan fingerprint density at radius 2 is 2.07 bits per heavy atom. The Morgan fingerprint density at radius 1 is 1.26 bits per heavy atom. The number of nitrogens with one attached hydrogen (secondary N) is 1. The van der Waals surface area contributed by atoms with Crippen molar-refractivity contribution in [1.29, 1.82) is 0 Å². The normalized spacial score (nSPS) is 23.1. The number of para-hydroxylation sites is 2. The largest absolute Gasteiger partial charge is 0.494 e. The summed E-state index contributed by atoms with van der Waals surface area (Å²) in [6.45, 7) is 4.25. The number of ether oxygens (including phenoxy) is 1. The zero-order valence-corrected chi connectivity index (χ0v) is 15.5. The zero-order chi connectivity index (χ0) is 19.0. The second-order valence-corrected chi connectivity index (χ2v) is 6.98. The molecule has 8 nitrogen and oxygen atoms in total. The van der Waals surface area contributed by atoms with E-state index in [1.807, 2.05) is 36.7 Å². The summed E-state index contributed by atoms with van der Waals surface area (Å²) in [5.41, 5.74) is 1.92. The highest BCUT2D eigenvalue weighted by molar-refractivity contribution is 5.97. The number of piperazine rings is 2. The Morgan fingerprint density at radius 3 is 2.89 bits per heavy atom. The van der Waals surface area contributed by atoms with Crippen molar-refractivity contribution in [3.63, 3.8) is 0 Å². The molecule has 2 fully saturated rings. The summed E-state index contributed by atoms with van der Waals surface area (Å²) in [6.07, 6.45) is 3.80. The molecule has 8 heteroatoms. The predicted octanol–water partition coefficient (Wildman–Crippen LogP) is 0.412. The van der Waals surface area contributed by atoms with Gasteiger partial charge in [0.25, 0.3) is 0 Å². The van der Waals surface area contributed by atoms with Crippen LogP contribution in [0.15, 0.2) is 36.7 Å². The number of nitrogens with zero attached hydrogens (tertiary/aromatic N) is 4. The monoisotopic (exact) mass is 369 g/mol. The van der Waals surface area contributed by atoms with Crippen molar-refractivity contribution in [2.45, 2.75) is 25.6 Å². The van der Waals surface area contributed by atoms with Crippen LogP contribution in [0.1, 0.15) is 12.5 Å². The van der Waals surface area contributed by atoms with E-state index in [0.717, 1.165) is 23.5 Å². The van der Waals surface area contributed by atoms with Gasteiger partial charge in [0.15, 0.2) is 0 Å². The number of hydrogen-bond acceptors (Lipinski definition) is 5. The molecule has 2 amide bonds. The van der Waals surface area contributed by atoms with Gasteiger partial charge in [-0.25, -0.2) is 4.68 Å². The molecule has 1 aromatic carbocycles. The van der Waals surface area contributed by atoms with Gasteiger partial charge in [0.2, 0.25) is 11.8 Å². The van der Waals surface area contributed by atoms with Gasteiger partial charge in [-0.15, -0.1) is 0 Å². The predicted molar refractivity (Wildman–Crippen MR) is 98.5 cm³/mol. The lowest BCUT2D eigenvalue weighted by molar-refractivity contribution is -0.152. The summed E-state index contributed by atoms with van der Waals surface area (Å²) in [4.78, 5) is 28.4. The summed E-state index contributed by atoms with van der Waals surface area (Å²) in [7, 11) is 1.64. The Hall–Kier alpha value is -2.87. The fraction of sp³-hybridized carbons (Fsp3) is 0.421. The van der Waals surface area contributed by atoms with E-state index in [2.05, 4.69) is 15.3 Å². The molecule has 2 atom stereocenters. The van der Waals surface area contributed by atoms with Crippen molar-refractivity contribution in [1.82, 2.24) is 24.9 Å². The number of benzene rings is 1. The van der Waals surface area contributed by atoms with Gasteiger partial charge >= 0.3 is 0 Å². The van der Waals surface area contributed by atoms with Crippen LogP contribution in [0.25, 0.3) is 5.69 Å². The molecule has 3 heterocycles. The molecule has 1 aromatic heterocycles. The third-order valence-corrected chi connectivity index (χ3v) is 5.15. The van der Waals surface area contributed by atoms with Crippen molar-refractivity contribution in [3.05, 3.63) is 42.2 Å². The lowest BCUT2D eigenvalue weighted by atomic mass is 10.0. The first-order chi connectivity index (χ1) is 13.1. The van der Waals surface area contributed by atoms with Crippen LogP contribution in [0.2, 0.25) is 0 Å². The fourth-order valence-electron chi connectivity index (χ4n) is 3.74. The second-order valence-electron chi connectivity index (χ2n) is 6.98. The standard InChI is InChI=1S/C19H23N5O3/c1-13-19(26)23-8-7-22(12-16(23)18(25)21-13)10-14-9-20-24(11-14)15-5-3-4-6-17(15)27-2/h3-6,9,11,13,16H,7-8,10,12H2,1-2H3,(H,21,25)/t13-,16+/m0/s1. The SMILES string of the molecule is COc1ccccc1-n1cc(CN2CCN3C(=O)[C@H](C)NC(=O)[C@H]3C2)cn1. The maximum Gasteiger partial charge on any atom is 0.245 e. The Balaban J connectivity index is 1.46. The van der Waals surface area contributed by atoms with Gasteiger partial charge in [0.1, 0.15) is 23.5 Å². The van der Waals surface area contributed by atoms with Crippen LogP contribution >= 0.6 is 0 Å². The molecule has 0 aliphatic carbocycles. The van der Waals surface area contributed by atoms with Crippen LogP contribution in [-0.2, 0) is 16.1 Å². The van der Waals surface area contributed by atoms with E-state index in [1.54, 1.807) is 23.6 Å². The Kier molecular flexibility index (Phi) is 4.57. The summed E-state index contributed by atoms with van der Waals surface area (Å²) in [6, 6.07) is 6.87. The maximum atomic E-state index is 12.3. The Bertz CT molecular complexity index is 865. The topological polar surface area (TPSA) is 79.7 Å². The Labute approximate surface area is 157 Å². The highest BCUT2D eigenvalue weighted by Gasteiger charge is 2.41. The molecule has 0 bridgehead atoms. The number of fused-ring (bicyclic) bond motifs is 1. The quantitative estimate of drug-likeness (QED) is 0.845. The third kappa shape index (κ3) is 3.28. The van der Waals surface area contributed by atoms with E-state index in [9.17, 15) is 9.59 Å². The highest BCUT2D eigenvalue weighted by Crippen LogP contribution is 2.22. The lowest BCUT2D eigenvalue weighted by Crippen LogP contribution is -2.68. The molecule has 1 N–H and O–H groups in total. The molecule has 142 valence electrons. The number of aromatic nitrogens is 2. The van der Waals surface area contributed by atoms with Gasteiger partial charge in [-0.1, -0.05) is 12.1 Å². The van der Waals surface area contributed by atoms with Crippen molar-refractivity contribution < 1.29 is 14.3 Å². The van der Waals surface area contributed by atoms with E-state index in [1.165, 1.54) is 0 Å². The molecule has 27 heavy (non-hydrogen) atoms. The van der Waals surface area contributed by atoms with E-state index >= 15 is 0 Å².